The van der Waals surface area contributed by atoms with Crippen LogP contribution in [-0.4, -0.2) is 19.4 Å². The summed E-state index contributed by atoms with van der Waals surface area (Å²) < 4.78 is 7.56. The van der Waals surface area contributed by atoms with E-state index in [0.717, 1.165) is 17.1 Å². The molecule has 4 aromatic heterocycles. The van der Waals surface area contributed by atoms with Gasteiger partial charge in [-0.25, -0.2) is 4.99 Å². The molecule has 14 rings (SSSR count). The number of rotatable bonds is 1. The Labute approximate surface area is 325 Å². The van der Waals surface area contributed by atoms with Crippen LogP contribution in [0.5, 0.6) is 0 Å². The van der Waals surface area contributed by atoms with E-state index in [2.05, 4.69) is 200 Å². The Morgan fingerprint density at radius 2 is 0.965 bits per heavy atom. The van der Waals surface area contributed by atoms with E-state index in [-0.39, 0.29) is 6.29 Å². The average molecular weight is 727 g/mol. The molecule has 0 spiro atoms. The van der Waals surface area contributed by atoms with E-state index in [4.69, 9.17) is 0 Å². The van der Waals surface area contributed by atoms with Crippen molar-refractivity contribution in [2.24, 2.45) is 0 Å². The highest BCUT2D eigenvalue weighted by Crippen LogP contribution is 2.48. The van der Waals surface area contributed by atoms with Gasteiger partial charge in [0.05, 0.1) is 38.8 Å². The van der Waals surface area contributed by atoms with E-state index < -0.39 is 0 Å². The lowest BCUT2D eigenvalue weighted by Gasteiger charge is -2.25. The van der Waals surface area contributed by atoms with Crippen LogP contribution in [0.25, 0.3) is 103 Å². The van der Waals surface area contributed by atoms with Crippen molar-refractivity contribution in [1.82, 2.24) is 13.5 Å². The fourth-order valence-electron chi connectivity index (χ4n) is 10.6. The van der Waals surface area contributed by atoms with Crippen molar-refractivity contribution >= 4 is 115 Å². The number of aromatic nitrogens is 3. The van der Waals surface area contributed by atoms with Gasteiger partial charge < -0.3 is 9.72 Å². The molecule has 0 saturated carbocycles. The lowest BCUT2D eigenvalue weighted by molar-refractivity contribution is -0.523. The molecule has 264 valence electrons. The van der Waals surface area contributed by atoms with Gasteiger partial charge in [0.1, 0.15) is 11.0 Å². The fraction of sp³-hybridized carbons (Fsp3) is 0.0192. The maximum absolute atomic E-state index is 4.15. The Morgan fingerprint density at radius 1 is 0.404 bits per heavy atom. The Balaban J connectivity index is 1.20. The van der Waals surface area contributed by atoms with Crippen LogP contribution in [0.15, 0.2) is 176 Å². The van der Waals surface area contributed by atoms with Gasteiger partial charge in [0, 0.05) is 43.1 Å². The highest BCUT2D eigenvalue weighted by atomic mass is 15.3. The standard InChI is InChI=1S/C52H31N5/c1-2-15-31-29-45-40(28-30(31)14-1)36-22-13-23-39-47-35-19-4-3-18-34(35)46-38-21-8-12-27-44(38)57(50(46)49(47)56(45)48(36)39)52-53-41-24-9-5-20-37(41)51(54-52)55-42-25-10-6-16-32(42)33-17-7-11-26-43(33)55/h1-29,52-53H/p+1. The second kappa shape index (κ2) is 10.6. The van der Waals surface area contributed by atoms with Crippen molar-refractivity contribution in [3.63, 3.8) is 0 Å². The Bertz CT molecular complexity index is 3860. The summed E-state index contributed by atoms with van der Waals surface area (Å²) in [6, 6.07) is 64.7. The van der Waals surface area contributed by atoms with Crippen molar-refractivity contribution in [1.29, 1.82) is 0 Å². The zero-order valence-corrected chi connectivity index (χ0v) is 30.7. The average Bonchev–Trinajstić information content (AvgIpc) is 4.00. The Morgan fingerprint density at radius 3 is 1.72 bits per heavy atom. The molecule has 1 aliphatic rings. The lowest BCUT2D eigenvalue weighted by Crippen LogP contribution is -2.81. The molecule has 0 amide bonds. The van der Waals surface area contributed by atoms with Crippen LogP contribution in [0, 0.1) is 0 Å². The molecular formula is C52H32N5+. The highest BCUT2D eigenvalue weighted by Gasteiger charge is 2.34. The molecule has 1 aliphatic heterocycles. The number of hydrogen-bond acceptors (Lipinski definition) is 1. The first-order chi connectivity index (χ1) is 28.3. The van der Waals surface area contributed by atoms with Crippen LogP contribution < -0.4 is 10.3 Å². The first-order valence-electron chi connectivity index (χ1n) is 19.7. The van der Waals surface area contributed by atoms with Gasteiger partial charge >= 0.3 is 0 Å². The number of benzene rings is 9. The summed E-state index contributed by atoms with van der Waals surface area (Å²) in [4.78, 5) is 4.15. The molecule has 0 aliphatic carbocycles. The predicted octanol–water partition coefficient (Wildman–Crippen LogP) is 11.3. The van der Waals surface area contributed by atoms with E-state index in [1.165, 1.54) is 103 Å². The van der Waals surface area contributed by atoms with Gasteiger partial charge in [-0.3, -0.25) is 4.57 Å². The minimum Gasteiger partial charge on any atom is -0.328 e. The molecule has 2 N–H and O–H groups in total. The van der Waals surface area contributed by atoms with Crippen LogP contribution >= 0.6 is 0 Å². The number of para-hydroxylation sites is 5. The van der Waals surface area contributed by atoms with Crippen LogP contribution in [-0.2, 0) is 0 Å². The molecule has 5 nitrogen and oxygen atoms in total. The van der Waals surface area contributed by atoms with Crippen LogP contribution in [0.4, 0.5) is 5.69 Å². The summed E-state index contributed by atoms with van der Waals surface area (Å²) in [6.07, 6.45) is -0.329. The molecule has 0 bridgehead atoms. The molecule has 13 aromatic rings. The Hall–Kier alpha value is -7.63. The minimum absolute atomic E-state index is 0.329. The maximum Gasteiger partial charge on any atom is 0.292 e. The molecular weight excluding hydrogens is 695 g/mol. The Kier molecular flexibility index (Phi) is 5.50. The molecule has 5 heterocycles. The number of anilines is 1. The summed E-state index contributed by atoms with van der Waals surface area (Å²) in [5, 5.41) is 19.2. The molecule has 0 radical (unpaired) electrons. The topological polar surface area (TPSA) is 40.3 Å². The van der Waals surface area contributed by atoms with Crippen LogP contribution in [0.3, 0.4) is 0 Å². The summed E-state index contributed by atoms with van der Waals surface area (Å²) in [6.45, 7) is 0. The van der Waals surface area contributed by atoms with E-state index in [1.807, 2.05) is 0 Å². The molecule has 9 aromatic carbocycles. The third-order valence-corrected chi connectivity index (χ3v) is 12.8. The summed E-state index contributed by atoms with van der Waals surface area (Å²) in [5.74, 6) is 1.05. The largest absolute Gasteiger partial charge is 0.328 e. The van der Waals surface area contributed by atoms with Gasteiger partial charge in [0.15, 0.2) is 0 Å². The van der Waals surface area contributed by atoms with Gasteiger partial charge in [0.25, 0.3) is 12.1 Å². The summed E-state index contributed by atoms with van der Waals surface area (Å²) in [5.41, 5.74) is 10.7. The first kappa shape index (κ1) is 29.7. The number of nitrogens with one attached hydrogen (secondary N) is 2. The maximum atomic E-state index is 4.15. The minimum atomic E-state index is -0.329. The second-order valence-electron chi connectivity index (χ2n) is 15.6. The molecule has 0 saturated heterocycles. The van der Waals surface area contributed by atoms with Gasteiger partial charge in [-0.05, 0) is 76.1 Å². The smallest absolute Gasteiger partial charge is 0.292 e. The normalized spacial score (nSPS) is 14.7. The van der Waals surface area contributed by atoms with Gasteiger partial charge in [-0.2, -0.15) is 4.57 Å². The van der Waals surface area contributed by atoms with Crippen molar-refractivity contribution in [3.05, 3.63) is 181 Å². The third-order valence-electron chi connectivity index (χ3n) is 12.8. The van der Waals surface area contributed by atoms with Crippen molar-refractivity contribution in [2.45, 2.75) is 6.29 Å². The molecule has 1 unspecified atom stereocenters. The molecule has 1 atom stereocenters. The summed E-state index contributed by atoms with van der Waals surface area (Å²) >= 11 is 0. The van der Waals surface area contributed by atoms with E-state index in [1.54, 1.807) is 0 Å². The lowest BCUT2D eigenvalue weighted by atomic mass is 9.97. The number of nitrogens with zero attached hydrogens (tertiary/aromatic N) is 3. The van der Waals surface area contributed by atoms with Crippen molar-refractivity contribution < 1.29 is 4.99 Å². The predicted molar refractivity (Wildman–Crippen MR) is 238 cm³/mol. The second-order valence-corrected chi connectivity index (χ2v) is 15.6. The van der Waals surface area contributed by atoms with E-state index >= 15 is 0 Å². The van der Waals surface area contributed by atoms with E-state index in [0.29, 0.717) is 0 Å². The molecule has 0 fully saturated rings. The summed E-state index contributed by atoms with van der Waals surface area (Å²) in [7, 11) is 0. The first-order valence-corrected chi connectivity index (χ1v) is 19.7. The van der Waals surface area contributed by atoms with Gasteiger partial charge in [0.2, 0.25) is 0 Å². The van der Waals surface area contributed by atoms with Crippen LogP contribution in [0.1, 0.15) is 11.9 Å². The van der Waals surface area contributed by atoms with E-state index in [9.17, 15) is 0 Å². The number of fused-ring (bicyclic) bond motifs is 18. The van der Waals surface area contributed by atoms with Crippen molar-refractivity contribution in [2.75, 3.05) is 5.32 Å². The highest BCUT2D eigenvalue weighted by molar-refractivity contribution is 6.38. The van der Waals surface area contributed by atoms with Crippen LogP contribution in [0.2, 0.25) is 0 Å². The SMILES string of the molecule is c1ccc2c(c1)NC(n1c3ccccc3c3c4ccccc4c4c5cccc6c7cc8ccccc8cc7n(c65)c4c31)[NH+]=C2n1c2ccccc2c2ccccc21. The zero-order valence-electron chi connectivity index (χ0n) is 30.7. The molecule has 57 heavy (non-hydrogen) atoms. The van der Waals surface area contributed by atoms with Gasteiger partial charge in [-0.1, -0.05) is 121 Å². The molecule has 5 heteroatoms. The quantitative estimate of drug-likeness (QED) is 0.174. The monoisotopic (exact) mass is 726 g/mol. The zero-order chi connectivity index (χ0) is 36.9. The number of hydrogen-bond donors (Lipinski definition) is 2. The fourth-order valence-corrected chi connectivity index (χ4v) is 10.6. The van der Waals surface area contributed by atoms with Crippen molar-refractivity contribution in [3.8, 4) is 0 Å². The van der Waals surface area contributed by atoms with Gasteiger partial charge in [-0.15, -0.1) is 0 Å². The third kappa shape index (κ3) is 3.67.